The molecule has 2 N–H and O–H groups in total. The number of aliphatic hydroxyl groups is 1. The Morgan fingerprint density at radius 3 is 2.86 bits per heavy atom. The number of hydrogen-bond donors (Lipinski definition) is 2. The number of nitrogens with one attached hydrogen (secondary N) is 1. The molecule has 0 aliphatic rings. The van der Waals surface area contributed by atoms with E-state index in [1.165, 1.54) is 0 Å². The lowest BCUT2D eigenvalue weighted by molar-refractivity contribution is 0.0780. The van der Waals surface area contributed by atoms with Crippen LogP contribution in [0.25, 0.3) is 0 Å². The van der Waals surface area contributed by atoms with Crippen molar-refractivity contribution in [2.45, 2.75) is 6.54 Å². The molecule has 1 aromatic carbocycles. The number of benzene rings is 1. The lowest BCUT2D eigenvalue weighted by atomic mass is 10.1. The predicted octanol–water partition coefficient (Wildman–Crippen LogP) is 2.28. The second-order valence-electron chi connectivity index (χ2n) is 4.51. The molecule has 0 bridgehead atoms. The summed E-state index contributed by atoms with van der Waals surface area (Å²) in [6.07, 6.45) is 1.57. The van der Waals surface area contributed by atoms with Crippen molar-refractivity contribution in [2.75, 3.05) is 13.7 Å². The van der Waals surface area contributed by atoms with Crippen molar-refractivity contribution in [3.63, 3.8) is 0 Å². The van der Waals surface area contributed by atoms with Crippen molar-refractivity contribution >= 4 is 17.5 Å². The highest BCUT2D eigenvalue weighted by atomic mass is 35.5. The molecule has 0 saturated carbocycles. The number of hydrogen-bond acceptors (Lipinski definition) is 2. The highest BCUT2D eigenvalue weighted by molar-refractivity contribution is 6.30. The largest absolute Gasteiger partial charge is 0.384 e. The highest BCUT2D eigenvalue weighted by Crippen LogP contribution is 2.14. The van der Waals surface area contributed by atoms with Gasteiger partial charge in [-0.2, -0.15) is 0 Å². The van der Waals surface area contributed by atoms with Gasteiger partial charge >= 0.3 is 0 Å². The van der Waals surface area contributed by atoms with E-state index in [0.29, 0.717) is 17.3 Å². The van der Waals surface area contributed by atoms with Crippen molar-refractivity contribution in [1.29, 1.82) is 0 Å². The fourth-order valence-electron chi connectivity index (χ4n) is 1.94. The number of amides is 1. The number of carbonyl (C=O) groups excluding carboxylic acids is 1. The van der Waals surface area contributed by atoms with Gasteiger partial charge in [0.15, 0.2) is 0 Å². The smallest absolute Gasteiger partial charge is 0.270 e. The Labute approximate surface area is 128 Å². The second-order valence-corrected chi connectivity index (χ2v) is 4.95. The Balaban J connectivity index is 2.16. The molecule has 4 nitrogen and oxygen atoms in total. The first-order valence-electron chi connectivity index (χ1n) is 6.39. The van der Waals surface area contributed by atoms with Gasteiger partial charge in [-0.25, -0.2) is 0 Å². The van der Waals surface area contributed by atoms with Gasteiger partial charge in [0.05, 0.1) is 5.02 Å². The van der Waals surface area contributed by atoms with E-state index >= 15 is 0 Å². The van der Waals surface area contributed by atoms with E-state index in [-0.39, 0.29) is 12.5 Å². The van der Waals surface area contributed by atoms with Crippen LogP contribution in [0.5, 0.6) is 0 Å². The molecule has 0 unspecified atom stereocenters. The lowest BCUT2D eigenvalue weighted by Gasteiger charge is -2.17. The van der Waals surface area contributed by atoms with Crippen molar-refractivity contribution in [3.8, 4) is 11.8 Å². The number of aromatic amines is 1. The van der Waals surface area contributed by atoms with Crippen LogP contribution >= 0.6 is 11.6 Å². The minimum atomic E-state index is -0.190. The molecule has 5 heteroatoms. The second kappa shape index (κ2) is 6.98. The number of aliphatic hydroxyl groups excluding tert-OH is 1. The molecule has 0 saturated heterocycles. The van der Waals surface area contributed by atoms with Gasteiger partial charge in [-0.1, -0.05) is 41.6 Å². The quantitative estimate of drug-likeness (QED) is 0.855. The first-order valence-corrected chi connectivity index (χ1v) is 6.76. The Hall–Kier alpha value is -2.22. The molecule has 2 rings (SSSR count). The Kier molecular flexibility index (Phi) is 5.04. The summed E-state index contributed by atoms with van der Waals surface area (Å²) in [6.45, 7) is 0.232. The molecule has 21 heavy (non-hydrogen) atoms. The molecule has 0 fully saturated rings. The molecule has 108 valence electrons. The van der Waals surface area contributed by atoms with Gasteiger partial charge in [0.2, 0.25) is 0 Å². The first kappa shape index (κ1) is 15.2. The molecule has 1 heterocycles. The zero-order chi connectivity index (χ0) is 15.2. The van der Waals surface area contributed by atoms with Crippen LogP contribution in [0.4, 0.5) is 0 Å². The van der Waals surface area contributed by atoms with Crippen LogP contribution < -0.4 is 0 Å². The van der Waals surface area contributed by atoms with E-state index < -0.39 is 0 Å². The van der Waals surface area contributed by atoms with E-state index in [1.807, 2.05) is 24.3 Å². The van der Waals surface area contributed by atoms with Gasteiger partial charge in [0.1, 0.15) is 12.3 Å². The Morgan fingerprint density at radius 2 is 2.19 bits per heavy atom. The maximum atomic E-state index is 12.2. The maximum absolute atomic E-state index is 12.2. The normalized spacial score (nSPS) is 9.86. The zero-order valence-electron chi connectivity index (χ0n) is 11.6. The Bertz CT molecular complexity index is 698. The summed E-state index contributed by atoms with van der Waals surface area (Å²) in [5.74, 6) is 5.36. The number of halogens is 1. The highest BCUT2D eigenvalue weighted by Gasteiger charge is 2.14. The maximum Gasteiger partial charge on any atom is 0.270 e. The summed E-state index contributed by atoms with van der Waals surface area (Å²) in [5.41, 5.74) is 2.17. The molecule has 0 radical (unpaired) electrons. The average molecular weight is 303 g/mol. The van der Waals surface area contributed by atoms with E-state index in [9.17, 15) is 4.79 Å². The molecule has 1 aromatic heterocycles. The van der Waals surface area contributed by atoms with Crippen molar-refractivity contribution in [3.05, 3.63) is 58.4 Å². The molecule has 0 aliphatic carbocycles. The van der Waals surface area contributed by atoms with E-state index in [0.717, 1.165) is 11.1 Å². The minimum Gasteiger partial charge on any atom is -0.384 e. The molecular formula is C16H15ClN2O2. The van der Waals surface area contributed by atoms with Crippen LogP contribution in [-0.2, 0) is 6.54 Å². The van der Waals surface area contributed by atoms with Crippen LogP contribution in [-0.4, -0.2) is 34.6 Å². The SMILES string of the molecule is CN(Cc1ccccc1C#CCO)C(=O)c1cc(Cl)c[nH]1. The molecule has 0 atom stereocenters. The van der Waals surface area contributed by atoms with Gasteiger partial charge in [0, 0.05) is 25.4 Å². The minimum absolute atomic E-state index is 0.146. The predicted molar refractivity (Wildman–Crippen MR) is 82.0 cm³/mol. The number of carbonyl (C=O) groups is 1. The van der Waals surface area contributed by atoms with Crippen LogP contribution in [0, 0.1) is 11.8 Å². The third kappa shape index (κ3) is 3.88. The fraction of sp³-hybridized carbons (Fsp3) is 0.188. The average Bonchev–Trinajstić information content (AvgIpc) is 2.92. The number of nitrogens with zero attached hydrogens (tertiary/aromatic N) is 1. The van der Waals surface area contributed by atoms with Gasteiger partial charge in [-0.3, -0.25) is 4.79 Å². The molecule has 1 amide bonds. The van der Waals surface area contributed by atoms with Gasteiger partial charge in [-0.05, 0) is 17.7 Å². The fourth-order valence-corrected chi connectivity index (χ4v) is 2.10. The summed E-state index contributed by atoms with van der Waals surface area (Å²) in [4.78, 5) is 16.7. The van der Waals surface area contributed by atoms with E-state index in [4.69, 9.17) is 16.7 Å². The molecule has 2 aromatic rings. The van der Waals surface area contributed by atoms with Crippen LogP contribution in [0.1, 0.15) is 21.6 Å². The third-order valence-corrected chi connectivity index (χ3v) is 3.17. The number of rotatable bonds is 3. The standard InChI is InChI=1S/C16H15ClN2O2/c1-19(16(21)15-9-14(17)10-18-15)11-13-6-3-2-5-12(13)7-4-8-20/h2-3,5-6,9-10,18,20H,8,11H2,1H3. The monoisotopic (exact) mass is 302 g/mol. The zero-order valence-corrected chi connectivity index (χ0v) is 12.3. The Morgan fingerprint density at radius 1 is 1.43 bits per heavy atom. The summed E-state index contributed by atoms with van der Waals surface area (Å²) in [5, 5.41) is 9.29. The molecule has 0 aliphatic heterocycles. The lowest BCUT2D eigenvalue weighted by Crippen LogP contribution is -2.26. The van der Waals surface area contributed by atoms with Crippen molar-refractivity contribution in [1.82, 2.24) is 9.88 Å². The molecule has 0 spiro atoms. The summed E-state index contributed by atoms with van der Waals surface area (Å²) < 4.78 is 0. The van der Waals surface area contributed by atoms with E-state index in [2.05, 4.69) is 16.8 Å². The van der Waals surface area contributed by atoms with Gasteiger partial charge < -0.3 is 15.0 Å². The summed E-state index contributed by atoms with van der Waals surface area (Å²) >= 11 is 5.81. The first-order chi connectivity index (χ1) is 10.1. The summed E-state index contributed by atoms with van der Waals surface area (Å²) in [6, 6.07) is 9.13. The van der Waals surface area contributed by atoms with Gasteiger partial charge in [0.25, 0.3) is 5.91 Å². The molecular weight excluding hydrogens is 288 g/mol. The van der Waals surface area contributed by atoms with E-state index in [1.54, 1.807) is 24.2 Å². The van der Waals surface area contributed by atoms with Crippen molar-refractivity contribution < 1.29 is 9.90 Å². The van der Waals surface area contributed by atoms with Crippen molar-refractivity contribution in [2.24, 2.45) is 0 Å². The van der Waals surface area contributed by atoms with Crippen LogP contribution in [0.3, 0.4) is 0 Å². The summed E-state index contributed by atoms with van der Waals surface area (Å²) in [7, 11) is 1.72. The topological polar surface area (TPSA) is 56.3 Å². The third-order valence-electron chi connectivity index (χ3n) is 2.95. The van der Waals surface area contributed by atoms with Crippen LogP contribution in [0.15, 0.2) is 36.5 Å². The van der Waals surface area contributed by atoms with Gasteiger partial charge in [-0.15, -0.1) is 0 Å². The number of H-pyrrole nitrogens is 1. The number of aromatic nitrogens is 1. The van der Waals surface area contributed by atoms with Crippen LogP contribution in [0.2, 0.25) is 5.02 Å².